The summed E-state index contributed by atoms with van der Waals surface area (Å²) >= 11 is 1.05. The van der Waals surface area contributed by atoms with Crippen LogP contribution < -0.4 is 10.1 Å². The van der Waals surface area contributed by atoms with Gasteiger partial charge in [0.15, 0.2) is 0 Å². The molecule has 2 amide bonds. The molecule has 0 saturated carbocycles. The first-order chi connectivity index (χ1) is 12.1. The van der Waals surface area contributed by atoms with Gasteiger partial charge in [-0.3, -0.25) is 19.9 Å². The van der Waals surface area contributed by atoms with E-state index in [9.17, 15) is 9.59 Å². The molecule has 1 saturated heterocycles. The van der Waals surface area contributed by atoms with E-state index in [2.05, 4.69) is 17.2 Å². The van der Waals surface area contributed by atoms with E-state index in [1.54, 1.807) is 0 Å². The Kier molecular flexibility index (Phi) is 5.71. The summed E-state index contributed by atoms with van der Waals surface area (Å²) in [6, 6.07) is 13.6. The summed E-state index contributed by atoms with van der Waals surface area (Å²) in [5, 5.41) is 1.70. The Morgan fingerprint density at radius 1 is 1.20 bits per heavy atom. The summed E-state index contributed by atoms with van der Waals surface area (Å²) in [6.45, 7) is 2.76. The van der Waals surface area contributed by atoms with Gasteiger partial charge in [0.25, 0.3) is 5.24 Å². The Morgan fingerprint density at radius 3 is 2.64 bits per heavy atom. The number of hydrogen-bond donors (Lipinski definition) is 1. The Balaban J connectivity index is 1.46. The van der Waals surface area contributed by atoms with Gasteiger partial charge in [-0.25, -0.2) is 0 Å². The SMILES string of the molecule is CC(CCOc1ccc(CC2SC(=O)NC2=O)cc1)c1ccccn1. The molecule has 0 bridgehead atoms. The molecule has 2 heterocycles. The Bertz CT molecular complexity index is 734. The van der Waals surface area contributed by atoms with Crippen LogP contribution in [0.2, 0.25) is 0 Å². The average Bonchev–Trinajstić information content (AvgIpc) is 2.94. The summed E-state index contributed by atoms with van der Waals surface area (Å²) in [5.41, 5.74) is 2.08. The van der Waals surface area contributed by atoms with E-state index in [1.165, 1.54) is 0 Å². The third-order valence-corrected chi connectivity index (χ3v) is 5.11. The van der Waals surface area contributed by atoms with Crippen LogP contribution >= 0.6 is 11.8 Å². The number of imide groups is 1. The molecule has 2 atom stereocenters. The zero-order chi connectivity index (χ0) is 17.6. The third kappa shape index (κ3) is 4.82. The minimum absolute atomic E-state index is 0.209. The first-order valence-electron chi connectivity index (χ1n) is 8.26. The van der Waals surface area contributed by atoms with Gasteiger partial charge in [-0.05, 0) is 42.7 Å². The number of carbonyl (C=O) groups excluding carboxylic acids is 2. The predicted molar refractivity (Wildman–Crippen MR) is 97.8 cm³/mol. The molecule has 2 aromatic rings. The first kappa shape index (κ1) is 17.5. The van der Waals surface area contributed by atoms with Crippen molar-refractivity contribution in [1.29, 1.82) is 0 Å². The molecule has 6 heteroatoms. The predicted octanol–water partition coefficient (Wildman–Crippen LogP) is 3.55. The van der Waals surface area contributed by atoms with Crippen molar-refractivity contribution in [3.8, 4) is 5.75 Å². The molecule has 1 aliphatic heterocycles. The van der Waals surface area contributed by atoms with Crippen LogP contribution in [0.3, 0.4) is 0 Å². The molecule has 130 valence electrons. The maximum Gasteiger partial charge on any atom is 0.286 e. The number of rotatable bonds is 7. The largest absolute Gasteiger partial charge is 0.494 e. The van der Waals surface area contributed by atoms with Crippen LogP contribution in [0.5, 0.6) is 5.75 Å². The Morgan fingerprint density at radius 2 is 2.00 bits per heavy atom. The van der Waals surface area contributed by atoms with Gasteiger partial charge in [0.05, 0.1) is 11.9 Å². The number of hydrogen-bond acceptors (Lipinski definition) is 5. The van der Waals surface area contributed by atoms with Crippen molar-refractivity contribution in [2.24, 2.45) is 0 Å². The molecule has 1 aliphatic rings. The molecule has 1 aromatic heterocycles. The number of amides is 2. The first-order valence-corrected chi connectivity index (χ1v) is 9.14. The van der Waals surface area contributed by atoms with Gasteiger partial charge >= 0.3 is 0 Å². The summed E-state index contributed by atoms with van der Waals surface area (Å²) in [6.07, 6.45) is 3.24. The van der Waals surface area contributed by atoms with E-state index < -0.39 is 0 Å². The van der Waals surface area contributed by atoms with Gasteiger partial charge in [-0.1, -0.05) is 36.9 Å². The van der Waals surface area contributed by atoms with E-state index in [0.29, 0.717) is 18.9 Å². The van der Waals surface area contributed by atoms with Crippen LogP contribution in [0, 0.1) is 0 Å². The maximum absolute atomic E-state index is 11.6. The second-order valence-electron chi connectivity index (χ2n) is 6.02. The van der Waals surface area contributed by atoms with Crippen molar-refractivity contribution in [3.63, 3.8) is 0 Å². The zero-order valence-electron chi connectivity index (χ0n) is 14.0. The number of thioether (sulfide) groups is 1. The molecular formula is C19H20N2O3S. The summed E-state index contributed by atoms with van der Waals surface area (Å²) in [7, 11) is 0. The summed E-state index contributed by atoms with van der Waals surface area (Å²) < 4.78 is 5.79. The van der Waals surface area contributed by atoms with Crippen LogP contribution in [0.1, 0.15) is 30.5 Å². The molecule has 25 heavy (non-hydrogen) atoms. The molecule has 0 aliphatic carbocycles. The molecular weight excluding hydrogens is 336 g/mol. The van der Waals surface area contributed by atoms with Crippen molar-refractivity contribution in [2.75, 3.05) is 6.61 Å². The molecule has 3 rings (SSSR count). The number of benzene rings is 1. The van der Waals surface area contributed by atoms with Crippen LogP contribution in [0.25, 0.3) is 0 Å². The fourth-order valence-corrected chi connectivity index (χ4v) is 3.49. The summed E-state index contributed by atoms with van der Waals surface area (Å²) in [4.78, 5) is 27.1. The second-order valence-corrected chi connectivity index (χ2v) is 7.20. The number of carbonyl (C=O) groups is 2. The molecule has 0 radical (unpaired) electrons. The lowest BCUT2D eigenvalue weighted by Gasteiger charge is -2.12. The summed E-state index contributed by atoms with van der Waals surface area (Å²) in [5.74, 6) is 0.936. The van der Waals surface area contributed by atoms with Crippen LogP contribution in [-0.4, -0.2) is 28.0 Å². The normalized spacial score (nSPS) is 18.0. The standard InChI is InChI=1S/C19H20N2O3S/c1-13(16-4-2-3-10-20-16)9-11-24-15-7-5-14(6-8-15)12-17-18(22)21-19(23)25-17/h2-8,10,13,17H,9,11-12H2,1H3,(H,21,22,23). The molecule has 2 unspecified atom stereocenters. The molecule has 1 N–H and O–H groups in total. The quantitative estimate of drug-likeness (QED) is 0.822. The van der Waals surface area contributed by atoms with Crippen molar-refractivity contribution in [2.45, 2.75) is 30.9 Å². The van der Waals surface area contributed by atoms with Gasteiger partial charge in [0, 0.05) is 17.8 Å². The van der Waals surface area contributed by atoms with Gasteiger partial charge in [-0.15, -0.1) is 0 Å². The number of ether oxygens (including phenoxy) is 1. The lowest BCUT2D eigenvalue weighted by atomic mass is 10.0. The lowest BCUT2D eigenvalue weighted by Crippen LogP contribution is -2.25. The topological polar surface area (TPSA) is 68.3 Å². The molecule has 1 aromatic carbocycles. The van der Waals surface area contributed by atoms with Crippen molar-refractivity contribution >= 4 is 22.9 Å². The monoisotopic (exact) mass is 356 g/mol. The highest BCUT2D eigenvalue weighted by Gasteiger charge is 2.31. The maximum atomic E-state index is 11.6. The zero-order valence-corrected chi connectivity index (χ0v) is 14.8. The molecule has 0 spiro atoms. The van der Waals surface area contributed by atoms with E-state index in [0.717, 1.165) is 35.2 Å². The fourth-order valence-electron chi connectivity index (χ4n) is 2.63. The minimum Gasteiger partial charge on any atom is -0.494 e. The number of pyridine rings is 1. The third-order valence-electron chi connectivity index (χ3n) is 4.12. The lowest BCUT2D eigenvalue weighted by molar-refractivity contribution is -0.118. The van der Waals surface area contributed by atoms with Gasteiger partial charge in [0.2, 0.25) is 5.91 Å². The van der Waals surface area contributed by atoms with E-state index >= 15 is 0 Å². The van der Waals surface area contributed by atoms with Crippen LogP contribution in [-0.2, 0) is 11.2 Å². The van der Waals surface area contributed by atoms with Gasteiger partial charge in [0.1, 0.15) is 5.75 Å². The second kappa shape index (κ2) is 8.16. The minimum atomic E-state index is -0.335. The van der Waals surface area contributed by atoms with E-state index in [4.69, 9.17) is 4.74 Å². The van der Waals surface area contributed by atoms with E-state index in [-0.39, 0.29) is 16.4 Å². The number of nitrogens with one attached hydrogen (secondary N) is 1. The van der Waals surface area contributed by atoms with Gasteiger partial charge < -0.3 is 4.74 Å². The Hall–Kier alpha value is -2.34. The van der Waals surface area contributed by atoms with Gasteiger partial charge in [-0.2, -0.15) is 0 Å². The van der Waals surface area contributed by atoms with Crippen molar-refractivity contribution in [3.05, 3.63) is 59.9 Å². The molecule has 1 fully saturated rings. The molecule has 5 nitrogen and oxygen atoms in total. The highest BCUT2D eigenvalue weighted by molar-refractivity contribution is 8.15. The fraction of sp³-hybridized carbons (Fsp3) is 0.316. The highest BCUT2D eigenvalue weighted by Crippen LogP contribution is 2.24. The average molecular weight is 356 g/mol. The van der Waals surface area contributed by atoms with E-state index in [1.807, 2.05) is 48.7 Å². The number of nitrogens with zero attached hydrogens (tertiary/aromatic N) is 1. The highest BCUT2D eigenvalue weighted by atomic mass is 32.2. The van der Waals surface area contributed by atoms with Crippen molar-refractivity contribution < 1.29 is 14.3 Å². The van der Waals surface area contributed by atoms with Crippen LogP contribution in [0.15, 0.2) is 48.7 Å². The Labute approximate surface area is 151 Å². The van der Waals surface area contributed by atoms with Crippen LogP contribution in [0.4, 0.5) is 4.79 Å². The smallest absolute Gasteiger partial charge is 0.286 e. The van der Waals surface area contributed by atoms with Crippen molar-refractivity contribution in [1.82, 2.24) is 10.3 Å². The number of aromatic nitrogens is 1.